The zero-order chi connectivity index (χ0) is 20.7. The molecule has 4 aromatic rings. The van der Waals surface area contributed by atoms with Crippen LogP contribution < -0.4 is 0 Å². The number of aromatic nitrogens is 3. The first-order valence-corrected chi connectivity index (χ1v) is 10.5. The fraction of sp³-hybridized carbons (Fsp3) is 0.174. The largest absolute Gasteiger partial charge is 0.306 e. The van der Waals surface area contributed by atoms with Gasteiger partial charge in [-0.15, -0.1) is 11.3 Å². The molecule has 1 aliphatic rings. The molecule has 2 aromatic heterocycles. The van der Waals surface area contributed by atoms with Gasteiger partial charge in [0.1, 0.15) is 11.6 Å². The number of carbonyl (C=O) groups is 1. The van der Waals surface area contributed by atoms with Crippen LogP contribution in [-0.4, -0.2) is 20.3 Å². The van der Waals surface area contributed by atoms with E-state index in [-0.39, 0.29) is 17.8 Å². The van der Waals surface area contributed by atoms with Crippen LogP contribution in [0, 0.1) is 11.6 Å². The van der Waals surface area contributed by atoms with Crippen LogP contribution in [0.5, 0.6) is 0 Å². The summed E-state index contributed by atoms with van der Waals surface area (Å²) in [4.78, 5) is 22.5. The predicted octanol–water partition coefficient (Wildman–Crippen LogP) is 5.19. The second kappa shape index (κ2) is 7.57. The van der Waals surface area contributed by atoms with E-state index in [1.54, 1.807) is 12.5 Å². The minimum absolute atomic E-state index is 0.138. The third-order valence-corrected chi connectivity index (χ3v) is 6.47. The van der Waals surface area contributed by atoms with Gasteiger partial charge in [-0.2, -0.15) is 0 Å². The van der Waals surface area contributed by atoms with Crippen LogP contribution in [0.25, 0.3) is 16.1 Å². The van der Waals surface area contributed by atoms with E-state index in [1.165, 1.54) is 23.0 Å². The number of thiazole rings is 1. The van der Waals surface area contributed by atoms with Crippen LogP contribution in [0.2, 0.25) is 0 Å². The maximum atomic E-state index is 14.0. The molecule has 0 fully saturated rings. The Hall–Kier alpha value is -3.19. The molecule has 0 saturated carbocycles. The topological polar surface area (TPSA) is 47.8 Å². The Morgan fingerprint density at radius 3 is 2.83 bits per heavy atom. The smallest absolute Gasteiger partial charge is 0.195 e. The number of hydrogen-bond donors (Lipinski definition) is 0. The molecule has 150 valence electrons. The molecule has 30 heavy (non-hydrogen) atoms. The van der Waals surface area contributed by atoms with Crippen molar-refractivity contribution in [3.05, 3.63) is 88.6 Å². The Labute approximate surface area is 175 Å². The molecule has 0 unspecified atom stereocenters. The summed E-state index contributed by atoms with van der Waals surface area (Å²) in [6.07, 6.45) is 7.92. The minimum Gasteiger partial charge on any atom is -0.306 e. The molecule has 2 aromatic carbocycles. The zero-order valence-corrected chi connectivity index (χ0v) is 16.8. The van der Waals surface area contributed by atoms with Gasteiger partial charge in [-0.1, -0.05) is 12.1 Å². The summed E-state index contributed by atoms with van der Waals surface area (Å²) in [6, 6.07) is 9.57. The molecule has 0 saturated heterocycles. The van der Waals surface area contributed by atoms with Gasteiger partial charge in [-0.3, -0.25) is 4.79 Å². The van der Waals surface area contributed by atoms with Gasteiger partial charge >= 0.3 is 0 Å². The second-order valence-electron chi connectivity index (χ2n) is 7.30. The molecule has 0 radical (unpaired) electrons. The monoisotopic (exact) mass is 421 g/mol. The molecule has 0 bridgehead atoms. The molecule has 5 rings (SSSR count). The summed E-state index contributed by atoms with van der Waals surface area (Å²) < 4.78 is 29.0. The Morgan fingerprint density at radius 1 is 1.13 bits per heavy atom. The van der Waals surface area contributed by atoms with Gasteiger partial charge in [0.25, 0.3) is 0 Å². The normalized spacial score (nSPS) is 12.9. The van der Waals surface area contributed by atoms with Gasteiger partial charge in [0.05, 0.1) is 16.9 Å². The minimum atomic E-state index is -0.711. The van der Waals surface area contributed by atoms with E-state index < -0.39 is 11.6 Å². The number of benzene rings is 2. The van der Waals surface area contributed by atoms with Crippen molar-refractivity contribution in [1.29, 1.82) is 0 Å². The second-order valence-corrected chi connectivity index (χ2v) is 8.29. The van der Waals surface area contributed by atoms with E-state index in [4.69, 9.17) is 0 Å². The van der Waals surface area contributed by atoms with Crippen LogP contribution in [-0.2, 0) is 19.3 Å². The molecule has 0 aliphatic heterocycles. The summed E-state index contributed by atoms with van der Waals surface area (Å²) in [5.74, 6) is -1.63. The van der Waals surface area contributed by atoms with Crippen LogP contribution in [0.15, 0.2) is 55.1 Å². The molecular formula is C23H17F2N3OS. The number of carbonyl (C=O) groups excluding carboxylic acids is 1. The summed E-state index contributed by atoms with van der Waals surface area (Å²) in [5, 5.41) is 0.365. The molecular weight excluding hydrogens is 404 g/mol. The average Bonchev–Trinajstić information content (AvgIpc) is 3.38. The van der Waals surface area contributed by atoms with E-state index in [0.717, 1.165) is 53.2 Å². The summed E-state index contributed by atoms with van der Waals surface area (Å²) >= 11 is 1.35. The van der Waals surface area contributed by atoms with Gasteiger partial charge < -0.3 is 4.57 Å². The number of Topliss-reactive ketones (excluding diaryl/α,β-unsaturated/α-hetero) is 1. The Morgan fingerprint density at radius 2 is 2.03 bits per heavy atom. The van der Waals surface area contributed by atoms with E-state index in [2.05, 4.69) is 28.2 Å². The first kappa shape index (κ1) is 18.8. The van der Waals surface area contributed by atoms with E-state index in [9.17, 15) is 13.6 Å². The number of aryl methyl sites for hydroxylation is 2. The number of nitrogens with zero attached hydrogens (tertiary/aromatic N) is 3. The van der Waals surface area contributed by atoms with Gasteiger partial charge in [0.15, 0.2) is 10.8 Å². The SMILES string of the molecule is O=C(Cc1ccc(F)cc1F)c1nc2c(s1)-c1cc(-n3ccnc3)ccc1CCC2. The highest BCUT2D eigenvalue weighted by molar-refractivity contribution is 7.17. The first-order chi connectivity index (χ1) is 14.6. The average molecular weight is 421 g/mol. The molecule has 2 heterocycles. The summed E-state index contributed by atoms with van der Waals surface area (Å²) in [5.41, 5.74) is 4.39. The number of hydrogen-bond acceptors (Lipinski definition) is 4. The van der Waals surface area contributed by atoms with Crippen LogP contribution in [0.1, 0.15) is 33.0 Å². The van der Waals surface area contributed by atoms with E-state index >= 15 is 0 Å². The fourth-order valence-electron chi connectivity index (χ4n) is 3.78. The molecule has 0 spiro atoms. The van der Waals surface area contributed by atoms with E-state index in [0.29, 0.717) is 5.01 Å². The number of halogens is 2. The number of ketones is 1. The highest BCUT2D eigenvalue weighted by Gasteiger charge is 2.23. The van der Waals surface area contributed by atoms with Crippen molar-refractivity contribution >= 4 is 17.1 Å². The highest BCUT2D eigenvalue weighted by atomic mass is 32.1. The van der Waals surface area contributed by atoms with Crippen molar-refractivity contribution < 1.29 is 13.6 Å². The lowest BCUT2D eigenvalue weighted by atomic mass is 10.0. The number of imidazole rings is 1. The van der Waals surface area contributed by atoms with Crippen LogP contribution in [0.4, 0.5) is 8.78 Å². The van der Waals surface area contributed by atoms with Crippen molar-refractivity contribution in [2.24, 2.45) is 0 Å². The molecule has 0 amide bonds. The molecule has 4 nitrogen and oxygen atoms in total. The molecule has 7 heteroatoms. The van der Waals surface area contributed by atoms with Gasteiger partial charge in [-0.25, -0.2) is 18.7 Å². The van der Waals surface area contributed by atoms with E-state index in [1.807, 2.05) is 10.8 Å². The maximum Gasteiger partial charge on any atom is 0.195 e. The van der Waals surface area contributed by atoms with Crippen molar-refractivity contribution in [2.75, 3.05) is 0 Å². The third kappa shape index (κ3) is 3.45. The lowest BCUT2D eigenvalue weighted by Crippen LogP contribution is -2.05. The van der Waals surface area contributed by atoms with Gasteiger partial charge in [0.2, 0.25) is 0 Å². The molecule has 0 atom stereocenters. The summed E-state index contributed by atoms with van der Waals surface area (Å²) in [7, 11) is 0. The van der Waals surface area contributed by atoms with Crippen molar-refractivity contribution in [1.82, 2.24) is 14.5 Å². The lowest BCUT2D eigenvalue weighted by molar-refractivity contribution is 0.0991. The maximum absolute atomic E-state index is 14.0. The zero-order valence-electron chi connectivity index (χ0n) is 15.9. The Balaban J connectivity index is 1.51. The first-order valence-electron chi connectivity index (χ1n) is 9.67. The van der Waals surface area contributed by atoms with Crippen molar-refractivity contribution in [3.8, 4) is 16.1 Å². The van der Waals surface area contributed by atoms with Gasteiger partial charge in [0, 0.05) is 30.6 Å². The third-order valence-electron chi connectivity index (χ3n) is 5.30. The Kier molecular flexibility index (Phi) is 4.75. The van der Waals surface area contributed by atoms with Gasteiger partial charge in [-0.05, 0) is 54.2 Å². The van der Waals surface area contributed by atoms with Crippen molar-refractivity contribution in [3.63, 3.8) is 0 Å². The predicted molar refractivity (Wildman–Crippen MR) is 111 cm³/mol. The molecule has 1 aliphatic carbocycles. The fourth-order valence-corrected chi connectivity index (χ4v) is 4.88. The highest BCUT2D eigenvalue weighted by Crippen LogP contribution is 2.38. The Bertz CT molecular complexity index is 1250. The lowest BCUT2D eigenvalue weighted by Gasteiger charge is -2.09. The number of fused-ring (bicyclic) bond motifs is 3. The van der Waals surface area contributed by atoms with Crippen molar-refractivity contribution in [2.45, 2.75) is 25.7 Å². The number of rotatable bonds is 4. The summed E-state index contributed by atoms with van der Waals surface area (Å²) in [6.45, 7) is 0. The van der Waals surface area contributed by atoms with Crippen LogP contribution >= 0.6 is 11.3 Å². The van der Waals surface area contributed by atoms with Crippen LogP contribution in [0.3, 0.4) is 0 Å². The quantitative estimate of drug-likeness (QED) is 0.426. The molecule has 0 N–H and O–H groups in total. The standard InChI is InChI=1S/C23H17F2N3OS/c24-16-6-4-15(19(25)11-16)10-21(29)23-27-20-3-1-2-14-5-7-17(28-9-8-26-13-28)12-18(14)22(20)30-23/h4-9,11-13H,1-3,10H2.